The third kappa shape index (κ3) is 4.67. The third-order valence-electron chi connectivity index (χ3n) is 4.07. The fraction of sp³-hybridized carbons (Fsp3) is 0.389. The standard InChI is InChI=1S/C18H21N3O4/c1-13-4-6-14(7-5-13)18(23)21(11-15-3-2-9-24-15)12-17(22)19-16-8-10-25-20-16/h4-8,10,15H,2-3,9,11-12H2,1H3,(H,19,20,22)/t15-/m0/s1. The maximum atomic E-state index is 12.8. The Bertz CT molecular complexity index is 706. The van der Waals surface area contributed by atoms with Crippen LogP contribution in [0.3, 0.4) is 0 Å². The lowest BCUT2D eigenvalue weighted by atomic mass is 10.1. The monoisotopic (exact) mass is 343 g/mol. The summed E-state index contributed by atoms with van der Waals surface area (Å²) in [6, 6.07) is 8.86. The minimum atomic E-state index is -0.327. The number of ether oxygens (including phenoxy) is 1. The smallest absolute Gasteiger partial charge is 0.254 e. The number of nitrogens with one attached hydrogen (secondary N) is 1. The van der Waals surface area contributed by atoms with E-state index in [0.29, 0.717) is 24.5 Å². The van der Waals surface area contributed by atoms with Crippen molar-refractivity contribution in [2.24, 2.45) is 0 Å². The molecular weight excluding hydrogens is 322 g/mol. The summed E-state index contributed by atoms with van der Waals surface area (Å²) < 4.78 is 10.3. The summed E-state index contributed by atoms with van der Waals surface area (Å²) in [5.41, 5.74) is 1.63. The Kier molecular flexibility index (Phi) is 5.45. The molecule has 1 aromatic heterocycles. The summed E-state index contributed by atoms with van der Waals surface area (Å²) in [5, 5.41) is 6.26. The Hall–Kier alpha value is -2.67. The Morgan fingerprint density at radius 1 is 1.28 bits per heavy atom. The van der Waals surface area contributed by atoms with Crippen molar-refractivity contribution in [2.75, 3.05) is 25.0 Å². The molecule has 132 valence electrons. The van der Waals surface area contributed by atoms with Gasteiger partial charge in [-0.2, -0.15) is 0 Å². The van der Waals surface area contributed by atoms with Gasteiger partial charge in [0.1, 0.15) is 12.8 Å². The second-order valence-electron chi connectivity index (χ2n) is 6.12. The van der Waals surface area contributed by atoms with Gasteiger partial charge in [0.2, 0.25) is 5.91 Å². The molecule has 0 spiro atoms. The second-order valence-corrected chi connectivity index (χ2v) is 6.12. The molecule has 1 aliphatic heterocycles. The average molecular weight is 343 g/mol. The molecule has 0 unspecified atom stereocenters. The van der Waals surface area contributed by atoms with Gasteiger partial charge in [-0.25, -0.2) is 0 Å². The van der Waals surface area contributed by atoms with Gasteiger partial charge in [0.15, 0.2) is 5.82 Å². The highest BCUT2D eigenvalue weighted by Crippen LogP contribution is 2.16. The fourth-order valence-corrected chi connectivity index (χ4v) is 2.76. The molecule has 0 saturated carbocycles. The second kappa shape index (κ2) is 7.94. The van der Waals surface area contributed by atoms with E-state index < -0.39 is 0 Å². The third-order valence-corrected chi connectivity index (χ3v) is 4.07. The number of carbonyl (C=O) groups excluding carboxylic acids is 2. The van der Waals surface area contributed by atoms with Crippen LogP contribution in [0.1, 0.15) is 28.8 Å². The molecule has 1 N–H and O–H groups in total. The van der Waals surface area contributed by atoms with Crippen LogP contribution >= 0.6 is 0 Å². The molecule has 25 heavy (non-hydrogen) atoms. The molecule has 0 aliphatic carbocycles. The average Bonchev–Trinajstić information content (AvgIpc) is 3.28. The van der Waals surface area contributed by atoms with Gasteiger partial charge in [-0.3, -0.25) is 9.59 Å². The van der Waals surface area contributed by atoms with E-state index in [1.807, 2.05) is 19.1 Å². The highest BCUT2D eigenvalue weighted by Gasteiger charge is 2.25. The van der Waals surface area contributed by atoms with Crippen LogP contribution in [0.4, 0.5) is 5.82 Å². The predicted octanol–water partition coefficient (Wildman–Crippen LogP) is 2.24. The molecule has 2 amide bonds. The number of benzene rings is 1. The first-order valence-electron chi connectivity index (χ1n) is 8.29. The number of amides is 2. The van der Waals surface area contributed by atoms with Gasteiger partial charge in [0, 0.05) is 24.8 Å². The summed E-state index contributed by atoms with van der Waals surface area (Å²) in [6.07, 6.45) is 3.21. The van der Waals surface area contributed by atoms with E-state index in [1.165, 1.54) is 11.2 Å². The van der Waals surface area contributed by atoms with Crippen molar-refractivity contribution in [3.05, 3.63) is 47.7 Å². The Balaban J connectivity index is 1.70. The molecule has 1 aliphatic rings. The number of aryl methyl sites for hydroxylation is 1. The summed E-state index contributed by atoms with van der Waals surface area (Å²) in [6.45, 7) is 2.98. The first-order valence-corrected chi connectivity index (χ1v) is 8.29. The zero-order chi connectivity index (χ0) is 17.6. The topological polar surface area (TPSA) is 84.7 Å². The van der Waals surface area contributed by atoms with E-state index in [0.717, 1.165) is 18.4 Å². The molecule has 1 fully saturated rings. The summed E-state index contributed by atoms with van der Waals surface area (Å²) >= 11 is 0. The number of nitrogens with zero attached hydrogens (tertiary/aromatic N) is 2. The molecule has 1 saturated heterocycles. The molecule has 1 aromatic carbocycles. The highest BCUT2D eigenvalue weighted by atomic mass is 16.5. The van der Waals surface area contributed by atoms with Gasteiger partial charge in [-0.05, 0) is 31.9 Å². The predicted molar refractivity (Wildman–Crippen MR) is 91.2 cm³/mol. The van der Waals surface area contributed by atoms with Crippen LogP contribution in [0.5, 0.6) is 0 Å². The molecular formula is C18H21N3O4. The zero-order valence-corrected chi connectivity index (χ0v) is 14.1. The van der Waals surface area contributed by atoms with Crippen molar-refractivity contribution < 1.29 is 18.8 Å². The normalized spacial score (nSPS) is 16.6. The van der Waals surface area contributed by atoms with E-state index in [2.05, 4.69) is 10.5 Å². The first kappa shape index (κ1) is 17.2. The van der Waals surface area contributed by atoms with Gasteiger partial charge in [-0.1, -0.05) is 22.9 Å². The highest BCUT2D eigenvalue weighted by molar-refractivity contribution is 5.99. The van der Waals surface area contributed by atoms with Crippen molar-refractivity contribution in [2.45, 2.75) is 25.9 Å². The maximum Gasteiger partial charge on any atom is 0.254 e. The van der Waals surface area contributed by atoms with Gasteiger partial charge in [0.25, 0.3) is 5.91 Å². The summed E-state index contributed by atoms with van der Waals surface area (Å²) in [4.78, 5) is 26.6. The lowest BCUT2D eigenvalue weighted by molar-refractivity contribution is -0.117. The van der Waals surface area contributed by atoms with Gasteiger partial charge in [-0.15, -0.1) is 0 Å². The molecule has 0 radical (unpaired) electrons. The number of hydrogen-bond donors (Lipinski definition) is 1. The fourth-order valence-electron chi connectivity index (χ4n) is 2.76. The van der Waals surface area contributed by atoms with Crippen molar-refractivity contribution in [1.82, 2.24) is 10.1 Å². The Morgan fingerprint density at radius 2 is 2.08 bits per heavy atom. The van der Waals surface area contributed by atoms with Crippen LogP contribution in [-0.2, 0) is 9.53 Å². The minimum Gasteiger partial charge on any atom is -0.376 e. The molecule has 2 heterocycles. The van der Waals surface area contributed by atoms with E-state index in [-0.39, 0.29) is 24.5 Å². The van der Waals surface area contributed by atoms with Gasteiger partial charge in [0.05, 0.1) is 6.10 Å². The quantitative estimate of drug-likeness (QED) is 0.869. The minimum absolute atomic E-state index is 0.0331. The van der Waals surface area contributed by atoms with E-state index in [9.17, 15) is 9.59 Å². The van der Waals surface area contributed by atoms with E-state index >= 15 is 0 Å². The van der Waals surface area contributed by atoms with Crippen LogP contribution in [0.2, 0.25) is 0 Å². The van der Waals surface area contributed by atoms with Crippen LogP contribution in [0.15, 0.2) is 41.1 Å². The number of carbonyl (C=O) groups is 2. The number of rotatable bonds is 6. The van der Waals surface area contributed by atoms with Gasteiger partial charge < -0.3 is 19.5 Å². The number of aromatic nitrogens is 1. The SMILES string of the molecule is Cc1ccc(C(=O)N(CC(=O)Nc2ccon2)C[C@@H]2CCCO2)cc1. The lowest BCUT2D eigenvalue weighted by Gasteiger charge is -2.25. The number of hydrogen-bond acceptors (Lipinski definition) is 5. The molecule has 1 atom stereocenters. The Morgan fingerprint density at radius 3 is 2.72 bits per heavy atom. The summed E-state index contributed by atoms with van der Waals surface area (Å²) in [5.74, 6) is -0.192. The molecule has 3 rings (SSSR count). The first-order chi connectivity index (χ1) is 12.1. The zero-order valence-electron chi connectivity index (χ0n) is 14.1. The van der Waals surface area contributed by atoms with Crippen molar-refractivity contribution in [3.63, 3.8) is 0 Å². The number of anilines is 1. The Labute approximate surface area is 145 Å². The van der Waals surface area contributed by atoms with Crippen LogP contribution in [-0.4, -0.2) is 47.7 Å². The van der Waals surface area contributed by atoms with Crippen LogP contribution < -0.4 is 5.32 Å². The van der Waals surface area contributed by atoms with Crippen LogP contribution in [0, 0.1) is 6.92 Å². The van der Waals surface area contributed by atoms with E-state index in [4.69, 9.17) is 9.26 Å². The molecule has 0 bridgehead atoms. The molecule has 7 heteroatoms. The van der Waals surface area contributed by atoms with Crippen molar-refractivity contribution >= 4 is 17.6 Å². The van der Waals surface area contributed by atoms with Crippen LogP contribution in [0.25, 0.3) is 0 Å². The largest absolute Gasteiger partial charge is 0.376 e. The van der Waals surface area contributed by atoms with Gasteiger partial charge >= 0.3 is 0 Å². The van der Waals surface area contributed by atoms with E-state index in [1.54, 1.807) is 18.2 Å². The maximum absolute atomic E-state index is 12.8. The summed E-state index contributed by atoms with van der Waals surface area (Å²) in [7, 11) is 0. The lowest BCUT2D eigenvalue weighted by Crippen LogP contribution is -2.42. The van der Waals surface area contributed by atoms with Crippen molar-refractivity contribution in [1.29, 1.82) is 0 Å². The van der Waals surface area contributed by atoms with Crippen molar-refractivity contribution in [3.8, 4) is 0 Å². The molecule has 2 aromatic rings. The molecule has 7 nitrogen and oxygen atoms in total.